The van der Waals surface area contributed by atoms with Gasteiger partial charge in [0.05, 0.1) is 28.7 Å². The average molecular weight is 621 g/mol. The van der Waals surface area contributed by atoms with Gasteiger partial charge in [-0.25, -0.2) is 9.78 Å². The topological polar surface area (TPSA) is 69.7 Å². The quantitative estimate of drug-likeness (QED) is 0.144. The second-order valence-electron chi connectivity index (χ2n) is 12.1. The fraction of sp³-hybridized carbons (Fsp3) is 0.515. The maximum atomic E-state index is 14.0. The van der Waals surface area contributed by atoms with E-state index in [2.05, 4.69) is 22.4 Å². The molecule has 0 aliphatic rings. The van der Waals surface area contributed by atoms with Crippen LogP contribution in [0.25, 0.3) is 10.4 Å². The van der Waals surface area contributed by atoms with Crippen molar-refractivity contribution >= 4 is 17.4 Å². The molecule has 0 saturated heterocycles. The van der Waals surface area contributed by atoms with E-state index in [-0.39, 0.29) is 24.9 Å². The molecule has 10 heteroatoms. The molecule has 1 amide bonds. The smallest absolute Gasteiger partial charge is 0.419 e. The summed E-state index contributed by atoms with van der Waals surface area (Å²) in [7, 11) is 0. The lowest BCUT2D eigenvalue weighted by atomic mass is 10.1. The van der Waals surface area contributed by atoms with E-state index in [9.17, 15) is 18.0 Å². The van der Waals surface area contributed by atoms with E-state index in [0.717, 1.165) is 31.7 Å². The third-order valence-corrected chi connectivity index (χ3v) is 7.75. The van der Waals surface area contributed by atoms with Gasteiger partial charge >= 0.3 is 12.3 Å². The molecule has 1 heterocycles. The zero-order chi connectivity index (χ0) is 31.7. The molecule has 1 aromatic heterocycles. The second kappa shape index (κ2) is 15.1. The van der Waals surface area contributed by atoms with E-state index in [4.69, 9.17) is 14.2 Å². The summed E-state index contributed by atoms with van der Waals surface area (Å²) in [5, 5.41) is 3.40. The van der Waals surface area contributed by atoms with Crippen LogP contribution >= 0.6 is 11.3 Å². The van der Waals surface area contributed by atoms with E-state index in [1.165, 1.54) is 23.0 Å². The van der Waals surface area contributed by atoms with Crippen LogP contribution in [0.5, 0.6) is 5.75 Å². The molecule has 236 valence electrons. The number of benzene rings is 2. The predicted molar refractivity (Wildman–Crippen MR) is 164 cm³/mol. The number of nitrogens with zero attached hydrogens (tertiary/aromatic N) is 1. The van der Waals surface area contributed by atoms with Gasteiger partial charge in [-0.1, -0.05) is 50.1 Å². The number of thiazole rings is 1. The molecule has 1 N–H and O–H groups in total. The zero-order valence-corrected chi connectivity index (χ0v) is 26.7. The highest BCUT2D eigenvalue weighted by molar-refractivity contribution is 7.15. The van der Waals surface area contributed by atoms with Crippen molar-refractivity contribution in [2.24, 2.45) is 0 Å². The summed E-state index contributed by atoms with van der Waals surface area (Å²) >= 11 is 1.31. The molecule has 0 bridgehead atoms. The minimum Gasteiger partial charge on any atom is -0.493 e. The van der Waals surface area contributed by atoms with Gasteiger partial charge in [-0.05, 0) is 83.2 Å². The Hall–Kier alpha value is -3.11. The average Bonchev–Trinajstić information content (AvgIpc) is 3.40. The number of aryl methyl sites for hydroxylation is 1. The lowest BCUT2D eigenvalue weighted by Gasteiger charge is -2.29. The van der Waals surface area contributed by atoms with Gasteiger partial charge in [-0.3, -0.25) is 5.32 Å². The van der Waals surface area contributed by atoms with Crippen molar-refractivity contribution in [3.05, 3.63) is 70.9 Å². The lowest BCUT2D eigenvalue weighted by molar-refractivity contribution is -0.138. The molecule has 0 unspecified atom stereocenters. The molecule has 0 spiro atoms. The van der Waals surface area contributed by atoms with Gasteiger partial charge in [-0.2, -0.15) is 13.2 Å². The highest BCUT2D eigenvalue weighted by Crippen LogP contribution is 2.40. The molecule has 0 fully saturated rings. The number of alkyl halides is 3. The fourth-order valence-electron chi connectivity index (χ4n) is 4.28. The minimum absolute atomic E-state index is 0.157. The maximum Gasteiger partial charge on any atom is 0.419 e. The van der Waals surface area contributed by atoms with Crippen LogP contribution in [0.3, 0.4) is 0 Å². The number of carbonyl (C=O) groups is 1. The number of unbranched alkanes of at least 4 members (excludes halogenated alkanes) is 3. The largest absolute Gasteiger partial charge is 0.493 e. The Morgan fingerprint density at radius 1 is 0.977 bits per heavy atom. The first kappa shape index (κ1) is 34.4. The summed E-state index contributed by atoms with van der Waals surface area (Å²) in [5.74, 6) is -0.317. The number of hydrogen-bond acceptors (Lipinski definition) is 6. The number of alkyl carbamates (subject to hydrolysis) is 1. The molecule has 6 nitrogen and oxygen atoms in total. The van der Waals surface area contributed by atoms with E-state index in [0.29, 0.717) is 21.9 Å². The van der Waals surface area contributed by atoms with Crippen LogP contribution in [-0.4, -0.2) is 35.6 Å². The van der Waals surface area contributed by atoms with Gasteiger partial charge in [0.25, 0.3) is 0 Å². The summed E-state index contributed by atoms with van der Waals surface area (Å²) in [6.45, 7) is 11.1. The molecule has 0 aliphatic carbocycles. The first-order valence-electron chi connectivity index (χ1n) is 14.6. The van der Waals surface area contributed by atoms with Gasteiger partial charge in [0.2, 0.25) is 0 Å². The number of halogens is 3. The van der Waals surface area contributed by atoms with Gasteiger partial charge < -0.3 is 14.2 Å². The number of amides is 1. The monoisotopic (exact) mass is 620 g/mol. The van der Waals surface area contributed by atoms with Crippen molar-refractivity contribution in [1.29, 1.82) is 0 Å². The number of hydrogen-bond donors (Lipinski definition) is 1. The summed E-state index contributed by atoms with van der Waals surface area (Å²) < 4.78 is 58.7. The number of aromatic nitrogens is 1. The van der Waals surface area contributed by atoms with E-state index < -0.39 is 29.2 Å². The first-order valence-corrected chi connectivity index (χ1v) is 15.4. The second-order valence-corrected chi connectivity index (χ2v) is 13.2. The highest BCUT2D eigenvalue weighted by Gasteiger charge is 2.35. The maximum absolute atomic E-state index is 14.0. The van der Waals surface area contributed by atoms with Gasteiger partial charge in [0, 0.05) is 12.1 Å². The van der Waals surface area contributed by atoms with Crippen molar-refractivity contribution in [1.82, 2.24) is 10.3 Å². The summed E-state index contributed by atoms with van der Waals surface area (Å²) in [6, 6.07) is 14.4. The Balaban J connectivity index is 1.54. The molecule has 3 rings (SSSR count). The molecular formula is C33H43F3N2O4S. The van der Waals surface area contributed by atoms with Crippen LogP contribution in [0.2, 0.25) is 0 Å². The van der Waals surface area contributed by atoms with Gasteiger partial charge in [0.1, 0.15) is 17.1 Å². The van der Waals surface area contributed by atoms with Crippen LogP contribution in [0.4, 0.5) is 18.0 Å². The standard InChI is InChI=1S/C33H43F3N2O4S/c1-23(22-41-32(5,6)38-30(39)42-31(2,3)4)29-37-21-28(43-29)25-17-18-27(26(20-25)33(34,35)36)40-19-13-8-7-10-14-24-15-11-9-12-16-24/h9,11-12,15-18,20-21,23H,7-8,10,13-14,19,22H2,1-6H3,(H,38,39)/t23-/m1/s1. The Kier molecular flexibility index (Phi) is 12.0. The van der Waals surface area contributed by atoms with Gasteiger partial charge in [-0.15, -0.1) is 11.3 Å². The van der Waals surface area contributed by atoms with Crippen LogP contribution < -0.4 is 10.1 Å². The van der Waals surface area contributed by atoms with E-state index in [1.807, 2.05) is 25.1 Å². The number of carbonyl (C=O) groups excluding carboxylic acids is 1. The van der Waals surface area contributed by atoms with Crippen molar-refractivity contribution in [2.45, 2.75) is 97.1 Å². The van der Waals surface area contributed by atoms with Crippen LogP contribution in [0, 0.1) is 0 Å². The Morgan fingerprint density at radius 3 is 2.35 bits per heavy atom. The molecule has 1 atom stereocenters. The molecule has 0 radical (unpaired) electrons. The SMILES string of the molecule is C[C@H](COC(C)(C)NC(=O)OC(C)(C)C)c1ncc(-c2ccc(OCCCCCCc3ccccc3)c(C(F)(F)F)c2)s1. The molecule has 3 aromatic rings. The van der Waals surface area contributed by atoms with Crippen LogP contribution in [-0.2, 0) is 22.1 Å². The Morgan fingerprint density at radius 2 is 1.67 bits per heavy atom. The van der Waals surface area contributed by atoms with Crippen molar-refractivity contribution in [2.75, 3.05) is 13.2 Å². The summed E-state index contributed by atoms with van der Waals surface area (Å²) in [6.07, 6.45) is 1.05. The zero-order valence-electron chi connectivity index (χ0n) is 25.8. The number of nitrogens with one attached hydrogen (secondary N) is 1. The van der Waals surface area contributed by atoms with E-state index >= 15 is 0 Å². The van der Waals surface area contributed by atoms with Crippen molar-refractivity contribution in [3.8, 4) is 16.2 Å². The molecule has 0 saturated carbocycles. The molecule has 0 aliphatic heterocycles. The number of ether oxygens (including phenoxy) is 3. The summed E-state index contributed by atoms with van der Waals surface area (Å²) in [4.78, 5) is 17.2. The molecule has 43 heavy (non-hydrogen) atoms. The van der Waals surface area contributed by atoms with Crippen molar-refractivity contribution in [3.63, 3.8) is 0 Å². The first-order chi connectivity index (χ1) is 20.1. The van der Waals surface area contributed by atoms with E-state index in [1.54, 1.807) is 46.9 Å². The predicted octanol–water partition coefficient (Wildman–Crippen LogP) is 9.39. The highest BCUT2D eigenvalue weighted by atomic mass is 32.1. The fourth-order valence-corrected chi connectivity index (χ4v) is 5.23. The third kappa shape index (κ3) is 11.8. The summed E-state index contributed by atoms with van der Waals surface area (Å²) in [5.41, 5.74) is -0.708. The number of rotatable bonds is 14. The Labute approximate surface area is 257 Å². The van der Waals surface area contributed by atoms with Crippen LogP contribution in [0.15, 0.2) is 54.7 Å². The third-order valence-electron chi connectivity index (χ3n) is 6.47. The van der Waals surface area contributed by atoms with Crippen LogP contribution in [0.1, 0.15) is 89.3 Å². The van der Waals surface area contributed by atoms with Crippen molar-refractivity contribution < 1.29 is 32.2 Å². The normalized spacial score (nSPS) is 13.0. The van der Waals surface area contributed by atoms with Gasteiger partial charge in [0.15, 0.2) is 0 Å². The molecule has 2 aromatic carbocycles. The minimum atomic E-state index is -4.55. The Bertz CT molecular complexity index is 1300. The lowest BCUT2D eigenvalue weighted by Crippen LogP contribution is -2.48. The molecular weight excluding hydrogens is 577 g/mol.